The fraction of sp³-hybridized carbons (Fsp3) is 0.190. The molecule has 0 bridgehead atoms. The van der Waals surface area contributed by atoms with Crippen LogP contribution in [0.15, 0.2) is 52.4 Å². The Bertz CT molecular complexity index is 1150. The number of aromatic nitrogens is 2. The number of hydrogen-bond donors (Lipinski definition) is 1. The number of halogens is 1. The second-order valence-corrected chi connectivity index (χ2v) is 7.88. The highest BCUT2D eigenvalue weighted by Gasteiger charge is 2.29. The standard InChI is InChI=1S/C21H16FN3O2S/c22-14-7-5-13(6-8-14)19-18-16(20(26)23-11-15-2-1-9-28-15)10-17(12-3-4-12)24-21(18)27-25-19/h1-2,5-10,12H,3-4,11H2,(H,23,26). The molecule has 0 saturated heterocycles. The molecule has 1 aliphatic rings. The van der Waals surface area contributed by atoms with E-state index in [-0.39, 0.29) is 11.7 Å². The van der Waals surface area contributed by atoms with Crippen molar-refractivity contribution in [2.24, 2.45) is 0 Å². The molecule has 140 valence electrons. The van der Waals surface area contributed by atoms with E-state index in [4.69, 9.17) is 4.52 Å². The molecule has 1 N–H and O–H groups in total. The lowest BCUT2D eigenvalue weighted by atomic mass is 10.0. The molecule has 0 radical (unpaired) electrons. The van der Waals surface area contributed by atoms with Crippen LogP contribution < -0.4 is 5.32 Å². The summed E-state index contributed by atoms with van der Waals surface area (Å²) in [7, 11) is 0. The van der Waals surface area contributed by atoms with Crippen molar-refractivity contribution in [3.8, 4) is 11.3 Å². The fourth-order valence-electron chi connectivity index (χ4n) is 3.22. The number of pyridine rings is 1. The van der Waals surface area contributed by atoms with Gasteiger partial charge in [0.2, 0.25) is 0 Å². The fourth-order valence-corrected chi connectivity index (χ4v) is 3.86. The number of fused-ring (bicyclic) bond motifs is 1. The molecule has 1 amide bonds. The van der Waals surface area contributed by atoms with Crippen molar-refractivity contribution in [2.75, 3.05) is 0 Å². The number of hydrogen-bond acceptors (Lipinski definition) is 5. The number of rotatable bonds is 5. The first-order chi connectivity index (χ1) is 13.7. The number of amides is 1. The van der Waals surface area contributed by atoms with E-state index in [2.05, 4.69) is 15.5 Å². The smallest absolute Gasteiger partial charge is 0.259 e. The Morgan fingerprint density at radius 1 is 1.25 bits per heavy atom. The first-order valence-corrected chi connectivity index (χ1v) is 9.94. The largest absolute Gasteiger partial charge is 0.347 e. The van der Waals surface area contributed by atoms with Gasteiger partial charge in [0.05, 0.1) is 17.5 Å². The maximum absolute atomic E-state index is 13.3. The zero-order chi connectivity index (χ0) is 19.1. The summed E-state index contributed by atoms with van der Waals surface area (Å²) in [6.07, 6.45) is 2.13. The van der Waals surface area contributed by atoms with Gasteiger partial charge in [-0.25, -0.2) is 9.37 Å². The van der Waals surface area contributed by atoms with Gasteiger partial charge in [-0.1, -0.05) is 11.2 Å². The minimum atomic E-state index is -0.334. The molecule has 0 unspecified atom stereocenters. The maximum atomic E-state index is 13.3. The molecule has 5 nitrogen and oxygen atoms in total. The quantitative estimate of drug-likeness (QED) is 0.524. The van der Waals surface area contributed by atoms with Crippen molar-refractivity contribution in [1.29, 1.82) is 0 Å². The summed E-state index contributed by atoms with van der Waals surface area (Å²) in [5.74, 6) is -0.165. The number of carbonyl (C=O) groups is 1. The Kier molecular flexibility index (Phi) is 4.16. The van der Waals surface area contributed by atoms with E-state index in [9.17, 15) is 9.18 Å². The van der Waals surface area contributed by atoms with Gasteiger partial charge in [0.15, 0.2) is 0 Å². The second-order valence-electron chi connectivity index (χ2n) is 6.85. The summed E-state index contributed by atoms with van der Waals surface area (Å²) in [5.41, 5.74) is 2.85. The third kappa shape index (κ3) is 3.18. The van der Waals surface area contributed by atoms with Gasteiger partial charge in [-0.3, -0.25) is 4.79 Å². The average Bonchev–Trinajstić information content (AvgIpc) is 3.26. The van der Waals surface area contributed by atoms with Crippen LogP contribution in [-0.4, -0.2) is 16.0 Å². The average molecular weight is 393 g/mol. The molecule has 7 heteroatoms. The monoisotopic (exact) mass is 393 g/mol. The molecule has 0 aliphatic heterocycles. The summed E-state index contributed by atoms with van der Waals surface area (Å²) in [4.78, 5) is 18.7. The number of nitrogens with zero attached hydrogens (tertiary/aromatic N) is 2. The lowest BCUT2D eigenvalue weighted by molar-refractivity contribution is 0.0952. The van der Waals surface area contributed by atoms with Crippen LogP contribution in [0.2, 0.25) is 0 Å². The van der Waals surface area contributed by atoms with Crippen LogP contribution in [0.1, 0.15) is 39.7 Å². The van der Waals surface area contributed by atoms with Gasteiger partial charge in [-0.15, -0.1) is 11.3 Å². The molecular weight excluding hydrogens is 377 g/mol. The van der Waals surface area contributed by atoms with Crippen molar-refractivity contribution >= 4 is 28.3 Å². The molecule has 1 fully saturated rings. The molecule has 0 spiro atoms. The van der Waals surface area contributed by atoms with Crippen molar-refractivity contribution < 1.29 is 13.7 Å². The molecule has 1 aliphatic carbocycles. The van der Waals surface area contributed by atoms with E-state index in [1.165, 1.54) is 12.1 Å². The van der Waals surface area contributed by atoms with E-state index in [1.54, 1.807) is 23.5 Å². The third-order valence-electron chi connectivity index (χ3n) is 4.83. The first kappa shape index (κ1) is 17.1. The van der Waals surface area contributed by atoms with Crippen molar-refractivity contribution in [2.45, 2.75) is 25.3 Å². The second kappa shape index (κ2) is 6.83. The van der Waals surface area contributed by atoms with Gasteiger partial charge < -0.3 is 9.84 Å². The Balaban J connectivity index is 1.59. The molecule has 28 heavy (non-hydrogen) atoms. The van der Waals surface area contributed by atoms with Gasteiger partial charge in [0, 0.05) is 22.1 Å². The lowest BCUT2D eigenvalue weighted by Gasteiger charge is -2.08. The number of thiophene rings is 1. The highest BCUT2D eigenvalue weighted by Crippen LogP contribution is 2.41. The van der Waals surface area contributed by atoms with Gasteiger partial charge >= 0.3 is 0 Å². The van der Waals surface area contributed by atoms with Crippen LogP contribution in [0, 0.1) is 5.82 Å². The summed E-state index contributed by atoms with van der Waals surface area (Å²) in [6, 6.07) is 11.7. The van der Waals surface area contributed by atoms with Crippen LogP contribution in [0.3, 0.4) is 0 Å². The topological polar surface area (TPSA) is 68.0 Å². The van der Waals surface area contributed by atoms with Crippen LogP contribution in [0.5, 0.6) is 0 Å². The van der Waals surface area contributed by atoms with Gasteiger partial charge in [-0.2, -0.15) is 0 Å². The zero-order valence-electron chi connectivity index (χ0n) is 14.8. The first-order valence-electron chi connectivity index (χ1n) is 9.06. The maximum Gasteiger partial charge on any atom is 0.259 e. The molecule has 0 atom stereocenters. The lowest BCUT2D eigenvalue weighted by Crippen LogP contribution is -2.23. The summed E-state index contributed by atoms with van der Waals surface area (Å²) in [6.45, 7) is 0.455. The molecule has 4 aromatic rings. The van der Waals surface area contributed by atoms with Gasteiger partial charge in [0.1, 0.15) is 11.5 Å². The zero-order valence-corrected chi connectivity index (χ0v) is 15.6. The van der Waals surface area contributed by atoms with E-state index in [0.717, 1.165) is 23.4 Å². The van der Waals surface area contributed by atoms with Crippen LogP contribution in [0.25, 0.3) is 22.4 Å². The van der Waals surface area contributed by atoms with Crippen molar-refractivity contribution in [3.63, 3.8) is 0 Å². The number of nitrogens with one attached hydrogen (secondary N) is 1. The summed E-state index contributed by atoms with van der Waals surface area (Å²) in [5, 5.41) is 9.63. The number of carbonyl (C=O) groups excluding carboxylic acids is 1. The Morgan fingerprint density at radius 2 is 2.07 bits per heavy atom. The van der Waals surface area contributed by atoms with Gasteiger partial charge in [-0.05, 0) is 54.6 Å². The predicted molar refractivity (Wildman–Crippen MR) is 105 cm³/mol. The summed E-state index contributed by atoms with van der Waals surface area (Å²) < 4.78 is 18.8. The van der Waals surface area contributed by atoms with E-state index in [1.807, 2.05) is 23.6 Å². The van der Waals surface area contributed by atoms with Crippen LogP contribution in [0.4, 0.5) is 4.39 Å². The molecule has 1 aromatic carbocycles. The molecule has 3 aromatic heterocycles. The van der Waals surface area contributed by atoms with E-state index >= 15 is 0 Å². The predicted octanol–water partition coefficient (Wildman–Crippen LogP) is 4.90. The SMILES string of the molecule is O=C(NCc1cccs1)c1cc(C2CC2)nc2onc(-c3ccc(F)cc3)c12. The van der Waals surface area contributed by atoms with E-state index < -0.39 is 0 Å². The Morgan fingerprint density at radius 3 is 2.79 bits per heavy atom. The van der Waals surface area contributed by atoms with Gasteiger partial charge in [0.25, 0.3) is 11.6 Å². The summed E-state index contributed by atoms with van der Waals surface area (Å²) >= 11 is 1.59. The number of benzene rings is 1. The highest BCUT2D eigenvalue weighted by molar-refractivity contribution is 7.09. The molecule has 3 heterocycles. The molecule has 5 rings (SSSR count). The van der Waals surface area contributed by atoms with Crippen molar-refractivity contribution in [3.05, 3.63) is 69.8 Å². The van der Waals surface area contributed by atoms with Crippen molar-refractivity contribution in [1.82, 2.24) is 15.5 Å². The van der Waals surface area contributed by atoms with Crippen LogP contribution >= 0.6 is 11.3 Å². The normalized spacial score (nSPS) is 13.8. The third-order valence-corrected chi connectivity index (χ3v) is 5.70. The Labute approximate surface area is 164 Å². The molecule has 1 saturated carbocycles. The Hall–Kier alpha value is -3.06. The van der Waals surface area contributed by atoms with Crippen LogP contribution in [-0.2, 0) is 6.54 Å². The minimum Gasteiger partial charge on any atom is -0.347 e. The highest BCUT2D eigenvalue weighted by atomic mass is 32.1. The van der Waals surface area contributed by atoms with E-state index in [0.29, 0.717) is 40.4 Å². The molecular formula is C21H16FN3O2S. The minimum absolute atomic E-state index is 0.200.